The van der Waals surface area contributed by atoms with Gasteiger partial charge in [-0.1, -0.05) is 23.9 Å². The standard InChI is InChI=1S/C24H27N5O3S/c1-15-12-29(13-16(2)32-15)23-24(28-21-7-5-4-6-20(21)27-23)33-14-22(31)26-19-10-8-18(9-11-19)25-17(3)30/h4-11,15-16H,12-14H2,1-3H3,(H,25,30)(H,26,31)/t15-,16+. The molecule has 2 atom stereocenters. The van der Waals surface area contributed by atoms with Crippen LogP contribution in [0, 0.1) is 0 Å². The van der Waals surface area contributed by atoms with E-state index >= 15 is 0 Å². The second kappa shape index (κ2) is 10.2. The SMILES string of the molecule is CC(=O)Nc1ccc(NC(=O)CSc2nc3ccccc3nc2N2C[C@@H](C)O[C@@H](C)C2)cc1. The van der Waals surface area contributed by atoms with Crippen molar-refractivity contribution in [2.75, 3.05) is 34.4 Å². The van der Waals surface area contributed by atoms with E-state index in [4.69, 9.17) is 14.7 Å². The van der Waals surface area contributed by atoms with Crippen molar-refractivity contribution in [3.05, 3.63) is 48.5 Å². The Morgan fingerprint density at radius 1 is 0.970 bits per heavy atom. The second-order valence-corrected chi connectivity index (χ2v) is 9.06. The molecule has 0 aliphatic carbocycles. The number of para-hydroxylation sites is 2. The molecule has 0 spiro atoms. The first-order chi connectivity index (χ1) is 15.9. The van der Waals surface area contributed by atoms with Crippen LogP contribution in [0.5, 0.6) is 0 Å². The Bertz CT molecular complexity index is 1140. The Balaban J connectivity index is 1.49. The van der Waals surface area contributed by atoms with Gasteiger partial charge in [0.1, 0.15) is 5.03 Å². The first kappa shape index (κ1) is 23.0. The number of hydrogen-bond acceptors (Lipinski definition) is 7. The lowest BCUT2D eigenvalue weighted by atomic mass is 10.2. The van der Waals surface area contributed by atoms with E-state index in [9.17, 15) is 9.59 Å². The molecule has 33 heavy (non-hydrogen) atoms. The van der Waals surface area contributed by atoms with Crippen LogP contribution in [0.25, 0.3) is 11.0 Å². The van der Waals surface area contributed by atoms with Gasteiger partial charge in [-0.05, 0) is 50.2 Å². The van der Waals surface area contributed by atoms with Crippen LogP contribution in [0.1, 0.15) is 20.8 Å². The molecule has 172 valence electrons. The lowest BCUT2D eigenvalue weighted by molar-refractivity contribution is -0.114. The van der Waals surface area contributed by atoms with Gasteiger partial charge < -0.3 is 20.3 Å². The summed E-state index contributed by atoms with van der Waals surface area (Å²) in [6.07, 6.45) is 0.173. The summed E-state index contributed by atoms with van der Waals surface area (Å²) in [5, 5.41) is 6.32. The quantitative estimate of drug-likeness (QED) is 0.533. The molecule has 8 nitrogen and oxygen atoms in total. The van der Waals surface area contributed by atoms with E-state index in [1.165, 1.54) is 18.7 Å². The van der Waals surface area contributed by atoms with Crippen molar-refractivity contribution in [2.45, 2.75) is 38.0 Å². The van der Waals surface area contributed by atoms with Crippen molar-refractivity contribution in [2.24, 2.45) is 0 Å². The molecule has 9 heteroatoms. The highest BCUT2D eigenvalue weighted by molar-refractivity contribution is 8.00. The largest absolute Gasteiger partial charge is 0.372 e. The van der Waals surface area contributed by atoms with Crippen molar-refractivity contribution in [1.29, 1.82) is 0 Å². The van der Waals surface area contributed by atoms with Gasteiger partial charge >= 0.3 is 0 Å². The maximum Gasteiger partial charge on any atom is 0.234 e. The minimum atomic E-state index is -0.142. The molecule has 1 saturated heterocycles. The van der Waals surface area contributed by atoms with Crippen molar-refractivity contribution >= 4 is 51.8 Å². The zero-order chi connectivity index (χ0) is 23.4. The Hall–Kier alpha value is -3.17. The molecule has 0 unspecified atom stereocenters. The number of nitrogens with one attached hydrogen (secondary N) is 2. The first-order valence-electron chi connectivity index (χ1n) is 10.8. The molecule has 1 aliphatic heterocycles. The van der Waals surface area contributed by atoms with E-state index in [1.54, 1.807) is 24.3 Å². The summed E-state index contributed by atoms with van der Waals surface area (Å²) in [5.41, 5.74) is 2.97. The number of carbonyl (C=O) groups is 2. The van der Waals surface area contributed by atoms with Gasteiger partial charge in [-0.25, -0.2) is 9.97 Å². The number of benzene rings is 2. The van der Waals surface area contributed by atoms with E-state index in [1.807, 2.05) is 24.3 Å². The minimum Gasteiger partial charge on any atom is -0.372 e. The van der Waals surface area contributed by atoms with Gasteiger partial charge in [-0.3, -0.25) is 9.59 Å². The molecule has 3 aromatic rings. The number of nitrogens with zero attached hydrogens (tertiary/aromatic N) is 3. The van der Waals surface area contributed by atoms with Gasteiger partial charge in [0.15, 0.2) is 5.82 Å². The van der Waals surface area contributed by atoms with Crippen LogP contribution in [0.3, 0.4) is 0 Å². The molecule has 0 saturated carbocycles. The van der Waals surface area contributed by atoms with Crippen molar-refractivity contribution < 1.29 is 14.3 Å². The third-order valence-electron chi connectivity index (χ3n) is 5.07. The fraction of sp³-hybridized carbons (Fsp3) is 0.333. The Morgan fingerprint density at radius 2 is 1.55 bits per heavy atom. The number of aromatic nitrogens is 2. The number of amides is 2. The van der Waals surface area contributed by atoms with Crippen molar-refractivity contribution in [3.63, 3.8) is 0 Å². The Labute approximate surface area is 197 Å². The molecule has 1 aliphatic rings. The predicted molar refractivity (Wildman–Crippen MR) is 132 cm³/mol. The molecule has 2 amide bonds. The number of anilines is 3. The van der Waals surface area contributed by atoms with Gasteiger partial charge in [-0.15, -0.1) is 0 Å². The maximum absolute atomic E-state index is 12.6. The van der Waals surface area contributed by atoms with Gasteiger partial charge in [0.05, 0.1) is 29.0 Å². The number of fused-ring (bicyclic) bond motifs is 1. The molecule has 0 bridgehead atoms. The van der Waals surface area contributed by atoms with Crippen molar-refractivity contribution in [1.82, 2.24) is 9.97 Å². The molecule has 2 N–H and O–H groups in total. The number of rotatable bonds is 6. The topological polar surface area (TPSA) is 96.5 Å². The number of thioether (sulfide) groups is 1. The van der Waals surface area contributed by atoms with Crippen LogP contribution in [0.4, 0.5) is 17.2 Å². The van der Waals surface area contributed by atoms with E-state index in [0.717, 1.165) is 35.0 Å². The fourth-order valence-electron chi connectivity index (χ4n) is 3.80. The fourth-order valence-corrected chi connectivity index (χ4v) is 4.61. The molecular formula is C24H27N5O3S. The molecule has 2 aromatic carbocycles. The zero-order valence-electron chi connectivity index (χ0n) is 18.9. The summed E-state index contributed by atoms with van der Waals surface area (Å²) in [4.78, 5) is 35.7. The number of ether oxygens (including phenoxy) is 1. The van der Waals surface area contributed by atoms with Crippen LogP contribution in [-0.2, 0) is 14.3 Å². The highest BCUT2D eigenvalue weighted by atomic mass is 32.2. The maximum atomic E-state index is 12.6. The van der Waals surface area contributed by atoms with E-state index in [2.05, 4.69) is 29.4 Å². The Morgan fingerprint density at radius 3 is 2.15 bits per heavy atom. The summed E-state index contributed by atoms with van der Waals surface area (Å²) in [5.74, 6) is 0.702. The zero-order valence-corrected chi connectivity index (χ0v) is 19.7. The molecule has 1 fully saturated rings. The van der Waals surface area contributed by atoms with Gasteiger partial charge in [0, 0.05) is 31.4 Å². The number of carbonyl (C=O) groups excluding carboxylic acids is 2. The van der Waals surface area contributed by atoms with E-state index in [-0.39, 0.29) is 29.8 Å². The Kier molecular flexibility index (Phi) is 7.10. The minimum absolute atomic E-state index is 0.0867. The molecule has 1 aromatic heterocycles. The lowest BCUT2D eigenvalue weighted by Crippen LogP contribution is -2.46. The van der Waals surface area contributed by atoms with Crippen LogP contribution in [-0.4, -0.2) is 52.8 Å². The smallest absolute Gasteiger partial charge is 0.234 e. The molecule has 0 radical (unpaired) electrons. The lowest BCUT2D eigenvalue weighted by Gasteiger charge is -2.36. The van der Waals surface area contributed by atoms with Crippen LogP contribution in [0.2, 0.25) is 0 Å². The van der Waals surface area contributed by atoms with E-state index in [0.29, 0.717) is 11.4 Å². The summed E-state index contributed by atoms with van der Waals surface area (Å²) < 4.78 is 5.88. The number of morpholine rings is 1. The molecule has 4 rings (SSSR count). The van der Waals surface area contributed by atoms with Gasteiger partial charge in [0.2, 0.25) is 11.8 Å². The van der Waals surface area contributed by atoms with Crippen molar-refractivity contribution in [3.8, 4) is 0 Å². The van der Waals surface area contributed by atoms with E-state index < -0.39 is 0 Å². The average Bonchev–Trinajstić information content (AvgIpc) is 2.77. The highest BCUT2D eigenvalue weighted by Gasteiger charge is 2.26. The third-order valence-corrected chi connectivity index (χ3v) is 6.02. The molecular weight excluding hydrogens is 438 g/mol. The number of hydrogen-bond donors (Lipinski definition) is 2. The van der Waals surface area contributed by atoms with Crippen LogP contribution in [0.15, 0.2) is 53.6 Å². The predicted octanol–water partition coefficient (Wildman–Crippen LogP) is 3.93. The third kappa shape index (κ3) is 6.00. The second-order valence-electron chi connectivity index (χ2n) is 8.10. The van der Waals surface area contributed by atoms with Crippen LogP contribution < -0.4 is 15.5 Å². The first-order valence-corrected chi connectivity index (χ1v) is 11.8. The molecule has 2 heterocycles. The summed E-state index contributed by atoms with van der Waals surface area (Å²) in [6, 6.07) is 14.8. The summed E-state index contributed by atoms with van der Waals surface area (Å²) >= 11 is 1.37. The summed E-state index contributed by atoms with van der Waals surface area (Å²) in [6.45, 7) is 6.99. The average molecular weight is 466 g/mol. The van der Waals surface area contributed by atoms with Gasteiger partial charge in [0.25, 0.3) is 0 Å². The van der Waals surface area contributed by atoms with Gasteiger partial charge in [-0.2, -0.15) is 0 Å². The normalized spacial score (nSPS) is 18.2. The monoisotopic (exact) mass is 465 g/mol. The van der Waals surface area contributed by atoms with Crippen LogP contribution >= 0.6 is 11.8 Å². The highest BCUT2D eigenvalue weighted by Crippen LogP contribution is 2.31. The summed E-state index contributed by atoms with van der Waals surface area (Å²) in [7, 11) is 0.